The van der Waals surface area contributed by atoms with Crippen molar-refractivity contribution in [2.24, 2.45) is 0 Å². The largest absolute Gasteiger partial charge is 0.497 e. The lowest BCUT2D eigenvalue weighted by molar-refractivity contribution is 0.0701. The Bertz CT molecular complexity index is 979. The number of piperidine rings is 1. The SMILES string of the molecule is COc1cccc(-c2cc(C(=O)N3CCC[C@@H](c4cccc(C)c4)C3)[nH]n2)c1. The first kappa shape index (κ1) is 18.3. The first-order valence-electron chi connectivity index (χ1n) is 9.70. The molecule has 1 atom stereocenters. The zero-order valence-corrected chi connectivity index (χ0v) is 16.3. The van der Waals surface area contributed by atoms with Gasteiger partial charge in [0.05, 0.1) is 12.8 Å². The summed E-state index contributed by atoms with van der Waals surface area (Å²) >= 11 is 0. The van der Waals surface area contributed by atoms with Crippen LogP contribution in [0.15, 0.2) is 54.6 Å². The van der Waals surface area contributed by atoms with Gasteiger partial charge < -0.3 is 9.64 Å². The van der Waals surface area contributed by atoms with Gasteiger partial charge in [0.25, 0.3) is 5.91 Å². The van der Waals surface area contributed by atoms with E-state index in [1.807, 2.05) is 35.2 Å². The lowest BCUT2D eigenvalue weighted by Crippen LogP contribution is -2.39. The van der Waals surface area contributed by atoms with Gasteiger partial charge in [0, 0.05) is 24.6 Å². The van der Waals surface area contributed by atoms with Crippen molar-refractivity contribution in [3.63, 3.8) is 0 Å². The summed E-state index contributed by atoms with van der Waals surface area (Å²) in [4.78, 5) is 15.0. The number of aromatic nitrogens is 2. The third-order valence-electron chi connectivity index (χ3n) is 5.40. The van der Waals surface area contributed by atoms with Gasteiger partial charge in [0.15, 0.2) is 0 Å². The van der Waals surface area contributed by atoms with E-state index >= 15 is 0 Å². The van der Waals surface area contributed by atoms with Crippen LogP contribution in [0.2, 0.25) is 0 Å². The van der Waals surface area contributed by atoms with Gasteiger partial charge in [-0.1, -0.05) is 42.0 Å². The van der Waals surface area contributed by atoms with E-state index in [0.29, 0.717) is 11.6 Å². The quantitative estimate of drug-likeness (QED) is 0.735. The number of H-pyrrole nitrogens is 1. The molecule has 2 aromatic carbocycles. The second-order valence-corrected chi connectivity index (χ2v) is 7.40. The van der Waals surface area contributed by atoms with E-state index in [4.69, 9.17) is 4.74 Å². The molecule has 1 amide bonds. The molecule has 0 unspecified atom stereocenters. The maximum atomic E-state index is 13.0. The Morgan fingerprint density at radius 2 is 2.04 bits per heavy atom. The number of carbonyl (C=O) groups is 1. The minimum Gasteiger partial charge on any atom is -0.497 e. The molecule has 5 nitrogen and oxygen atoms in total. The number of hydrogen-bond acceptors (Lipinski definition) is 3. The van der Waals surface area contributed by atoms with Gasteiger partial charge in [-0.25, -0.2) is 0 Å². The summed E-state index contributed by atoms with van der Waals surface area (Å²) in [6, 6.07) is 18.1. The number of methoxy groups -OCH3 is 1. The summed E-state index contributed by atoms with van der Waals surface area (Å²) < 4.78 is 5.27. The predicted molar refractivity (Wildman–Crippen MR) is 110 cm³/mol. The highest BCUT2D eigenvalue weighted by Crippen LogP contribution is 2.29. The van der Waals surface area contributed by atoms with Crippen LogP contribution in [0.1, 0.15) is 40.4 Å². The van der Waals surface area contributed by atoms with Gasteiger partial charge in [-0.3, -0.25) is 9.89 Å². The lowest BCUT2D eigenvalue weighted by atomic mass is 9.89. The number of ether oxygens (including phenoxy) is 1. The predicted octanol–water partition coefficient (Wildman–Crippen LogP) is 4.41. The standard InChI is InChI=1S/C23H25N3O2/c1-16-6-3-7-17(12-16)19-9-5-11-26(15-19)23(27)22-14-21(24-25-22)18-8-4-10-20(13-18)28-2/h3-4,6-8,10,12-14,19H,5,9,11,15H2,1-2H3,(H,24,25)/t19-/m1/s1. The molecule has 1 aliphatic heterocycles. The average molecular weight is 375 g/mol. The third-order valence-corrected chi connectivity index (χ3v) is 5.40. The Hall–Kier alpha value is -3.08. The van der Waals surface area contributed by atoms with E-state index < -0.39 is 0 Å². The number of rotatable bonds is 4. The fraction of sp³-hybridized carbons (Fsp3) is 0.304. The number of nitrogens with one attached hydrogen (secondary N) is 1. The number of likely N-dealkylation sites (tertiary alicyclic amines) is 1. The average Bonchev–Trinajstić information content (AvgIpc) is 3.24. The minimum atomic E-state index is 0.0130. The summed E-state index contributed by atoms with van der Waals surface area (Å²) in [5, 5.41) is 7.26. The molecule has 0 radical (unpaired) electrons. The second-order valence-electron chi connectivity index (χ2n) is 7.40. The second kappa shape index (κ2) is 7.89. The molecule has 0 bridgehead atoms. The fourth-order valence-electron chi connectivity index (χ4n) is 3.89. The smallest absolute Gasteiger partial charge is 0.271 e. The van der Waals surface area contributed by atoms with Gasteiger partial charge >= 0.3 is 0 Å². The molecule has 1 aliphatic rings. The highest BCUT2D eigenvalue weighted by Gasteiger charge is 2.26. The van der Waals surface area contributed by atoms with Crippen LogP contribution >= 0.6 is 0 Å². The molecule has 1 aromatic heterocycles. The van der Waals surface area contributed by atoms with E-state index in [1.165, 1.54) is 11.1 Å². The maximum Gasteiger partial charge on any atom is 0.271 e. The van der Waals surface area contributed by atoms with Crippen molar-refractivity contribution >= 4 is 5.91 Å². The molecule has 0 saturated carbocycles. The number of carbonyl (C=O) groups excluding carboxylic acids is 1. The Morgan fingerprint density at radius 3 is 2.86 bits per heavy atom. The molecule has 144 valence electrons. The molecule has 2 heterocycles. The van der Waals surface area contributed by atoms with E-state index in [2.05, 4.69) is 41.4 Å². The molecular weight excluding hydrogens is 350 g/mol. The van der Waals surface area contributed by atoms with Crippen molar-refractivity contribution in [1.29, 1.82) is 0 Å². The van der Waals surface area contributed by atoms with Gasteiger partial charge in [0.2, 0.25) is 0 Å². The van der Waals surface area contributed by atoms with Crippen LogP contribution in [-0.4, -0.2) is 41.2 Å². The minimum absolute atomic E-state index is 0.0130. The Morgan fingerprint density at radius 1 is 1.18 bits per heavy atom. The zero-order valence-electron chi connectivity index (χ0n) is 16.3. The Balaban J connectivity index is 1.50. The van der Waals surface area contributed by atoms with Gasteiger partial charge in [-0.05, 0) is 43.5 Å². The van der Waals surface area contributed by atoms with Crippen molar-refractivity contribution in [2.75, 3.05) is 20.2 Å². The van der Waals surface area contributed by atoms with Crippen molar-refractivity contribution in [3.8, 4) is 17.0 Å². The summed E-state index contributed by atoms with van der Waals surface area (Å²) in [5.41, 5.74) is 4.78. The molecule has 0 spiro atoms. The third kappa shape index (κ3) is 3.79. The van der Waals surface area contributed by atoms with Gasteiger partial charge in [-0.15, -0.1) is 0 Å². The zero-order chi connectivity index (χ0) is 19.5. The molecular formula is C23H25N3O2. The normalized spacial score (nSPS) is 16.8. The fourth-order valence-corrected chi connectivity index (χ4v) is 3.89. The number of hydrogen-bond donors (Lipinski definition) is 1. The van der Waals surface area contributed by atoms with Crippen LogP contribution in [0.5, 0.6) is 5.75 Å². The number of nitrogens with zero attached hydrogens (tertiary/aromatic N) is 2. The van der Waals surface area contributed by atoms with E-state index in [-0.39, 0.29) is 5.91 Å². The van der Waals surface area contributed by atoms with E-state index in [0.717, 1.165) is 42.9 Å². The van der Waals surface area contributed by atoms with Crippen LogP contribution in [0, 0.1) is 6.92 Å². The molecule has 3 aromatic rings. The molecule has 1 saturated heterocycles. The van der Waals surface area contributed by atoms with Crippen LogP contribution in [0.3, 0.4) is 0 Å². The van der Waals surface area contributed by atoms with Crippen LogP contribution < -0.4 is 4.74 Å². The molecule has 0 aliphatic carbocycles. The van der Waals surface area contributed by atoms with Crippen LogP contribution in [0.4, 0.5) is 0 Å². The number of aryl methyl sites for hydroxylation is 1. The van der Waals surface area contributed by atoms with Crippen LogP contribution in [-0.2, 0) is 0 Å². The van der Waals surface area contributed by atoms with Gasteiger partial charge in [-0.2, -0.15) is 5.10 Å². The Kier molecular flexibility index (Phi) is 5.15. The first-order valence-corrected chi connectivity index (χ1v) is 9.70. The number of aromatic amines is 1. The lowest BCUT2D eigenvalue weighted by Gasteiger charge is -2.32. The number of amides is 1. The highest BCUT2D eigenvalue weighted by molar-refractivity contribution is 5.93. The van der Waals surface area contributed by atoms with Crippen molar-refractivity contribution in [2.45, 2.75) is 25.7 Å². The highest BCUT2D eigenvalue weighted by atomic mass is 16.5. The number of benzene rings is 2. The van der Waals surface area contributed by atoms with Crippen molar-refractivity contribution in [1.82, 2.24) is 15.1 Å². The van der Waals surface area contributed by atoms with E-state index in [1.54, 1.807) is 7.11 Å². The van der Waals surface area contributed by atoms with Crippen LogP contribution in [0.25, 0.3) is 11.3 Å². The molecule has 1 fully saturated rings. The Labute approximate surface area is 165 Å². The summed E-state index contributed by atoms with van der Waals surface area (Å²) in [7, 11) is 1.64. The summed E-state index contributed by atoms with van der Waals surface area (Å²) in [5.74, 6) is 1.17. The van der Waals surface area contributed by atoms with Gasteiger partial charge in [0.1, 0.15) is 11.4 Å². The molecule has 4 rings (SSSR count). The monoisotopic (exact) mass is 375 g/mol. The topological polar surface area (TPSA) is 58.2 Å². The summed E-state index contributed by atoms with van der Waals surface area (Å²) in [6.07, 6.45) is 2.13. The maximum absolute atomic E-state index is 13.0. The summed E-state index contributed by atoms with van der Waals surface area (Å²) in [6.45, 7) is 3.64. The van der Waals surface area contributed by atoms with Crippen molar-refractivity contribution < 1.29 is 9.53 Å². The van der Waals surface area contributed by atoms with Crippen molar-refractivity contribution in [3.05, 3.63) is 71.4 Å². The van der Waals surface area contributed by atoms with E-state index in [9.17, 15) is 4.79 Å². The molecule has 1 N–H and O–H groups in total. The molecule has 28 heavy (non-hydrogen) atoms. The molecule has 5 heteroatoms. The first-order chi connectivity index (χ1) is 13.6.